The van der Waals surface area contributed by atoms with Crippen molar-refractivity contribution in [2.24, 2.45) is 5.73 Å². The first-order chi connectivity index (χ1) is 6.02. The molecule has 1 aromatic rings. The van der Waals surface area contributed by atoms with Crippen molar-refractivity contribution in [1.82, 2.24) is 0 Å². The van der Waals surface area contributed by atoms with Crippen molar-refractivity contribution in [2.45, 2.75) is 6.92 Å². The maximum absolute atomic E-state index is 10.5. The Labute approximate surface area is 74.8 Å². The summed E-state index contributed by atoms with van der Waals surface area (Å²) < 4.78 is 0. The summed E-state index contributed by atoms with van der Waals surface area (Å²) in [6.07, 6.45) is 0. The first-order valence-electron chi connectivity index (χ1n) is 3.62. The standard InChI is InChI=1S/C8H9N3O2/c1-5-2-3-6(8(9)10)4-7(5)11(12)13/h2-4H,1H3,(H3,9,10). The van der Waals surface area contributed by atoms with E-state index in [9.17, 15) is 10.1 Å². The van der Waals surface area contributed by atoms with E-state index in [1.165, 1.54) is 6.07 Å². The fourth-order valence-electron chi connectivity index (χ4n) is 0.974. The Morgan fingerprint density at radius 3 is 2.69 bits per heavy atom. The van der Waals surface area contributed by atoms with Crippen molar-refractivity contribution in [3.05, 3.63) is 39.4 Å². The summed E-state index contributed by atoms with van der Waals surface area (Å²) in [6, 6.07) is 4.47. The van der Waals surface area contributed by atoms with Crippen LogP contribution in [0.3, 0.4) is 0 Å². The summed E-state index contributed by atoms with van der Waals surface area (Å²) in [5.41, 5.74) is 6.12. The molecule has 0 amide bonds. The summed E-state index contributed by atoms with van der Waals surface area (Å²) >= 11 is 0. The molecule has 0 aliphatic heterocycles. The second-order valence-corrected chi connectivity index (χ2v) is 2.67. The molecule has 0 aromatic heterocycles. The van der Waals surface area contributed by atoms with Gasteiger partial charge in [-0.3, -0.25) is 15.5 Å². The highest BCUT2D eigenvalue weighted by Crippen LogP contribution is 2.18. The lowest BCUT2D eigenvalue weighted by atomic mass is 10.1. The fraction of sp³-hybridized carbons (Fsp3) is 0.125. The number of nitro groups is 1. The molecule has 1 rings (SSSR count). The molecule has 1 aromatic carbocycles. The molecule has 0 radical (unpaired) electrons. The van der Waals surface area contributed by atoms with E-state index < -0.39 is 4.92 Å². The molecule has 68 valence electrons. The number of nitrogen functional groups attached to an aromatic ring is 1. The van der Waals surface area contributed by atoms with Crippen LogP contribution in [0.1, 0.15) is 11.1 Å². The number of nitrogens with two attached hydrogens (primary N) is 1. The molecule has 0 aliphatic carbocycles. The van der Waals surface area contributed by atoms with Gasteiger partial charge >= 0.3 is 0 Å². The Morgan fingerprint density at radius 2 is 2.23 bits per heavy atom. The van der Waals surface area contributed by atoms with Crippen LogP contribution in [-0.2, 0) is 0 Å². The van der Waals surface area contributed by atoms with Crippen LogP contribution in [-0.4, -0.2) is 10.8 Å². The molecular formula is C8H9N3O2. The van der Waals surface area contributed by atoms with E-state index in [2.05, 4.69) is 0 Å². The van der Waals surface area contributed by atoms with Crippen LogP contribution >= 0.6 is 0 Å². The lowest BCUT2D eigenvalue weighted by molar-refractivity contribution is -0.385. The van der Waals surface area contributed by atoms with Crippen LogP contribution in [0, 0.1) is 22.4 Å². The number of hydrogen-bond donors (Lipinski definition) is 2. The molecule has 0 fully saturated rings. The highest BCUT2D eigenvalue weighted by molar-refractivity contribution is 5.95. The van der Waals surface area contributed by atoms with E-state index in [1.54, 1.807) is 19.1 Å². The van der Waals surface area contributed by atoms with Crippen molar-refractivity contribution >= 4 is 11.5 Å². The molecule has 3 N–H and O–H groups in total. The third kappa shape index (κ3) is 1.81. The van der Waals surface area contributed by atoms with Crippen LogP contribution < -0.4 is 5.73 Å². The second-order valence-electron chi connectivity index (χ2n) is 2.67. The highest BCUT2D eigenvalue weighted by atomic mass is 16.6. The van der Waals surface area contributed by atoms with Crippen LogP contribution in [0.25, 0.3) is 0 Å². The van der Waals surface area contributed by atoms with E-state index in [0.717, 1.165) is 0 Å². The Morgan fingerprint density at radius 1 is 1.62 bits per heavy atom. The molecule has 13 heavy (non-hydrogen) atoms. The van der Waals surface area contributed by atoms with Crippen molar-refractivity contribution < 1.29 is 4.92 Å². The Hall–Kier alpha value is -1.91. The monoisotopic (exact) mass is 179 g/mol. The molecule has 0 bridgehead atoms. The average Bonchev–Trinajstić information content (AvgIpc) is 2.04. The predicted octanol–water partition coefficient (Wildman–Crippen LogP) is 1.19. The molecule has 0 aliphatic rings. The van der Waals surface area contributed by atoms with Crippen LogP contribution in [0.2, 0.25) is 0 Å². The van der Waals surface area contributed by atoms with Gasteiger partial charge in [0.2, 0.25) is 0 Å². The van der Waals surface area contributed by atoms with Gasteiger partial charge in [0.15, 0.2) is 0 Å². The number of nitro benzene ring substituents is 1. The SMILES string of the molecule is Cc1ccc(C(=N)N)cc1[N+](=O)[O-]. The molecule has 5 heteroatoms. The molecule has 0 heterocycles. The third-order valence-electron chi connectivity index (χ3n) is 1.72. The van der Waals surface area contributed by atoms with Crippen LogP contribution in [0.5, 0.6) is 0 Å². The number of amidine groups is 1. The normalized spacial score (nSPS) is 9.62. The Kier molecular flexibility index (Phi) is 2.27. The zero-order valence-corrected chi connectivity index (χ0v) is 7.07. The fourth-order valence-corrected chi connectivity index (χ4v) is 0.974. The van der Waals surface area contributed by atoms with Gasteiger partial charge in [-0.25, -0.2) is 0 Å². The van der Waals surface area contributed by atoms with Gasteiger partial charge in [0.1, 0.15) is 5.84 Å². The van der Waals surface area contributed by atoms with E-state index in [0.29, 0.717) is 11.1 Å². The molecule has 0 atom stereocenters. The number of rotatable bonds is 2. The van der Waals surface area contributed by atoms with Crippen molar-refractivity contribution in [3.63, 3.8) is 0 Å². The molecule has 0 spiro atoms. The van der Waals surface area contributed by atoms with E-state index in [4.69, 9.17) is 11.1 Å². The molecule has 5 nitrogen and oxygen atoms in total. The number of benzene rings is 1. The summed E-state index contributed by atoms with van der Waals surface area (Å²) in [7, 11) is 0. The molecule has 0 unspecified atom stereocenters. The Balaban J connectivity index is 3.27. The van der Waals surface area contributed by atoms with E-state index >= 15 is 0 Å². The van der Waals surface area contributed by atoms with Gasteiger partial charge in [-0.15, -0.1) is 0 Å². The highest BCUT2D eigenvalue weighted by Gasteiger charge is 2.11. The summed E-state index contributed by atoms with van der Waals surface area (Å²) in [6.45, 7) is 1.64. The van der Waals surface area contributed by atoms with Crippen molar-refractivity contribution in [3.8, 4) is 0 Å². The number of nitrogens with one attached hydrogen (secondary N) is 1. The smallest absolute Gasteiger partial charge is 0.273 e. The quantitative estimate of drug-likeness (QED) is 0.309. The minimum atomic E-state index is -0.484. The maximum atomic E-state index is 10.5. The average molecular weight is 179 g/mol. The number of aryl methyl sites for hydroxylation is 1. The van der Waals surface area contributed by atoms with Gasteiger partial charge in [0.25, 0.3) is 5.69 Å². The van der Waals surface area contributed by atoms with Crippen LogP contribution in [0.15, 0.2) is 18.2 Å². The van der Waals surface area contributed by atoms with E-state index in [1.807, 2.05) is 0 Å². The molecule has 0 saturated carbocycles. The lowest BCUT2D eigenvalue weighted by Gasteiger charge is -2.00. The minimum Gasteiger partial charge on any atom is -0.384 e. The summed E-state index contributed by atoms with van der Waals surface area (Å²) in [5.74, 6) is -0.164. The minimum absolute atomic E-state index is 0.00676. The van der Waals surface area contributed by atoms with Gasteiger partial charge in [-0.2, -0.15) is 0 Å². The number of hydrogen-bond acceptors (Lipinski definition) is 3. The first-order valence-corrected chi connectivity index (χ1v) is 3.62. The summed E-state index contributed by atoms with van der Waals surface area (Å²) in [5, 5.41) is 17.6. The largest absolute Gasteiger partial charge is 0.384 e. The molecule has 0 saturated heterocycles. The topological polar surface area (TPSA) is 93.0 Å². The maximum Gasteiger partial charge on any atom is 0.273 e. The first kappa shape index (κ1) is 9.18. The van der Waals surface area contributed by atoms with Gasteiger partial charge in [0, 0.05) is 17.2 Å². The zero-order chi connectivity index (χ0) is 10.0. The predicted molar refractivity (Wildman–Crippen MR) is 48.8 cm³/mol. The van der Waals surface area contributed by atoms with Crippen molar-refractivity contribution in [2.75, 3.05) is 0 Å². The zero-order valence-electron chi connectivity index (χ0n) is 7.07. The van der Waals surface area contributed by atoms with Crippen molar-refractivity contribution in [1.29, 1.82) is 5.41 Å². The summed E-state index contributed by atoms with van der Waals surface area (Å²) in [4.78, 5) is 10.0. The Bertz CT molecular complexity index is 374. The number of nitrogens with zero attached hydrogens (tertiary/aromatic N) is 1. The van der Waals surface area contributed by atoms with E-state index in [-0.39, 0.29) is 11.5 Å². The lowest BCUT2D eigenvalue weighted by Crippen LogP contribution is -2.11. The molecular weight excluding hydrogens is 170 g/mol. The van der Waals surface area contributed by atoms with Gasteiger partial charge in [0.05, 0.1) is 4.92 Å². The van der Waals surface area contributed by atoms with Crippen LogP contribution in [0.4, 0.5) is 5.69 Å². The second kappa shape index (κ2) is 3.22. The van der Waals surface area contributed by atoms with Gasteiger partial charge in [-0.1, -0.05) is 12.1 Å². The van der Waals surface area contributed by atoms with Gasteiger partial charge in [-0.05, 0) is 6.92 Å². The van der Waals surface area contributed by atoms with Gasteiger partial charge < -0.3 is 5.73 Å². The third-order valence-corrected chi connectivity index (χ3v) is 1.72.